The van der Waals surface area contributed by atoms with E-state index in [1.54, 1.807) is 0 Å². The van der Waals surface area contributed by atoms with Crippen LogP contribution in [0.3, 0.4) is 0 Å². The monoisotopic (exact) mass is 359 g/mol. The third-order valence-electron chi connectivity index (χ3n) is 4.51. The van der Waals surface area contributed by atoms with Crippen LogP contribution in [-0.4, -0.2) is 52.4 Å². The molecule has 2 aliphatic heterocycles. The van der Waals surface area contributed by atoms with Gasteiger partial charge in [0.15, 0.2) is 0 Å². The van der Waals surface area contributed by atoms with Crippen LogP contribution in [0.25, 0.3) is 0 Å². The molecular formula is C18H21N3O5. The molecule has 26 heavy (non-hydrogen) atoms. The lowest BCUT2D eigenvalue weighted by Gasteiger charge is -2.29. The van der Waals surface area contributed by atoms with Crippen LogP contribution in [0.1, 0.15) is 31.2 Å². The van der Waals surface area contributed by atoms with E-state index in [9.17, 15) is 14.4 Å². The second-order valence-corrected chi connectivity index (χ2v) is 6.59. The second-order valence-electron chi connectivity index (χ2n) is 6.59. The number of amides is 2. The normalized spacial score (nSPS) is 22.8. The highest BCUT2D eigenvalue weighted by Gasteiger charge is 2.40. The van der Waals surface area contributed by atoms with Crippen molar-refractivity contribution in [3.05, 3.63) is 35.9 Å². The molecule has 2 heterocycles. The molecule has 0 aromatic heterocycles. The van der Waals surface area contributed by atoms with E-state index in [1.165, 1.54) is 5.01 Å². The van der Waals surface area contributed by atoms with Gasteiger partial charge in [-0.25, -0.2) is 5.01 Å². The van der Waals surface area contributed by atoms with Crippen LogP contribution < -0.4 is 5.32 Å². The van der Waals surface area contributed by atoms with E-state index in [4.69, 9.17) is 9.84 Å². The zero-order valence-corrected chi connectivity index (χ0v) is 14.3. The Labute approximate surface area is 150 Å². The molecule has 8 nitrogen and oxygen atoms in total. The van der Waals surface area contributed by atoms with Gasteiger partial charge < -0.3 is 15.2 Å². The minimum Gasteiger partial charge on any atom is -0.481 e. The van der Waals surface area contributed by atoms with Crippen molar-refractivity contribution in [2.24, 2.45) is 5.10 Å². The molecule has 2 N–H and O–H groups in total. The number of carboxylic acids is 1. The second kappa shape index (κ2) is 7.65. The lowest BCUT2D eigenvalue weighted by molar-refractivity contribution is -0.139. The van der Waals surface area contributed by atoms with Crippen molar-refractivity contribution >= 4 is 23.5 Å². The van der Waals surface area contributed by atoms with Crippen LogP contribution in [0, 0.1) is 0 Å². The summed E-state index contributed by atoms with van der Waals surface area (Å²) in [5, 5.41) is 17.4. The number of ether oxygens (including phenoxy) is 1. The lowest BCUT2D eigenvalue weighted by Crippen LogP contribution is -2.53. The Morgan fingerprint density at radius 3 is 2.69 bits per heavy atom. The summed E-state index contributed by atoms with van der Waals surface area (Å²) in [4.78, 5) is 35.9. The minimum absolute atomic E-state index is 0.144. The zero-order chi connectivity index (χ0) is 18.6. The van der Waals surface area contributed by atoms with E-state index in [0.717, 1.165) is 5.56 Å². The Bertz CT molecular complexity index is 726. The van der Waals surface area contributed by atoms with Crippen molar-refractivity contribution in [3.63, 3.8) is 0 Å². The Kier molecular flexibility index (Phi) is 5.32. The van der Waals surface area contributed by atoms with Crippen molar-refractivity contribution in [2.75, 3.05) is 13.2 Å². The van der Waals surface area contributed by atoms with Crippen LogP contribution >= 0.6 is 0 Å². The Morgan fingerprint density at radius 1 is 1.27 bits per heavy atom. The zero-order valence-electron chi connectivity index (χ0n) is 14.3. The van der Waals surface area contributed by atoms with Gasteiger partial charge in [-0.15, -0.1) is 0 Å². The molecule has 1 aromatic rings. The van der Waals surface area contributed by atoms with Gasteiger partial charge in [0.2, 0.25) is 5.91 Å². The van der Waals surface area contributed by atoms with E-state index >= 15 is 0 Å². The van der Waals surface area contributed by atoms with Crippen molar-refractivity contribution in [1.29, 1.82) is 0 Å². The fourth-order valence-corrected chi connectivity index (χ4v) is 3.14. The summed E-state index contributed by atoms with van der Waals surface area (Å²) < 4.78 is 5.28. The first-order valence-corrected chi connectivity index (χ1v) is 8.51. The topological polar surface area (TPSA) is 108 Å². The molecule has 1 saturated heterocycles. The van der Waals surface area contributed by atoms with Crippen molar-refractivity contribution in [3.8, 4) is 0 Å². The highest BCUT2D eigenvalue weighted by molar-refractivity contribution is 6.39. The molecule has 0 aliphatic carbocycles. The first kappa shape index (κ1) is 18.1. The summed E-state index contributed by atoms with van der Waals surface area (Å²) in [5.41, 5.74) is 0.229. The number of carbonyl (C=O) groups is 3. The van der Waals surface area contributed by atoms with Gasteiger partial charge in [-0.3, -0.25) is 14.4 Å². The first-order chi connectivity index (χ1) is 12.5. The maximum absolute atomic E-state index is 12.6. The highest BCUT2D eigenvalue weighted by Crippen LogP contribution is 2.23. The number of benzene rings is 1. The number of nitrogens with zero attached hydrogens (tertiary/aromatic N) is 2. The van der Waals surface area contributed by atoms with Gasteiger partial charge in [-0.05, 0) is 12.0 Å². The molecular weight excluding hydrogens is 338 g/mol. The van der Waals surface area contributed by atoms with Gasteiger partial charge in [-0.1, -0.05) is 30.3 Å². The van der Waals surface area contributed by atoms with E-state index in [2.05, 4.69) is 10.4 Å². The predicted octanol–water partition coefficient (Wildman–Crippen LogP) is 0.915. The van der Waals surface area contributed by atoms with E-state index in [0.29, 0.717) is 19.6 Å². The van der Waals surface area contributed by atoms with Crippen LogP contribution in [0.2, 0.25) is 0 Å². The molecule has 3 rings (SSSR count). The van der Waals surface area contributed by atoms with Crippen LogP contribution in [-0.2, 0) is 25.7 Å². The number of nitrogens with one attached hydrogen (secondary N) is 1. The van der Waals surface area contributed by atoms with E-state index in [1.807, 2.05) is 30.3 Å². The first-order valence-electron chi connectivity index (χ1n) is 8.51. The molecule has 1 aromatic carbocycles. The molecule has 1 fully saturated rings. The predicted molar refractivity (Wildman–Crippen MR) is 92.2 cm³/mol. The number of rotatable bonds is 6. The van der Waals surface area contributed by atoms with Crippen LogP contribution in [0.5, 0.6) is 0 Å². The number of aliphatic carboxylic acids is 1. The SMILES string of the molecule is O=C(O)CC1(NC(=O)C2=NN(Cc3ccccc3)C(=O)CC2)CCOC1. The van der Waals surface area contributed by atoms with Gasteiger partial charge in [-0.2, -0.15) is 5.10 Å². The van der Waals surface area contributed by atoms with E-state index in [-0.39, 0.29) is 37.5 Å². The molecule has 0 spiro atoms. The summed E-state index contributed by atoms with van der Waals surface area (Å²) in [6.45, 7) is 0.851. The molecule has 8 heteroatoms. The number of hydrogen-bond acceptors (Lipinski definition) is 5. The number of hydrogen-bond donors (Lipinski definition) is 2. The average Bonchev–Trinajstić information content (AvgIpc) is 3.05. The number of carbonyl (C=O) groups excluding carboxylic acids is 2. The quantitative estimate of drug-likeness (QED) is 0.785. The third-order valence-corrected chi connectivity index (χ3v) is 4.51. The van der Waals surface area contributed by atoms with Crippen molar-refractivity contribution < 1.29 is 24.2 Å². The van der Waals surface area contributed by atoms with Gasteiger partial charge in [0, 0.05) is 19.4 Å². The standard InChI is InChI=1S/C18H21N3O5/c22-15-7-6-14(20-21(15)11-13-4-2-1-3-5-13)17(25)19-18(10-16(23)24)8-9-26-12-18/h1-5H,6-12H2,(H,19,25)(H,23,24). The largest absolute Gasteiger partial charge is 0.481 e. The van der Waals surface area contributed by atoms with Crippen LogP contribution in [0.4, 0.5) is 0 Å². The Morgan fingerprint density at radius 2 is 2.04 bits per heavy atom. The smallest absolute Gasteiger partial charge is 0.305 e. The van der Waals surface area contributed by atoms with Crippen LogP contribution in [0.15, 0.2) is 35.4 Å². The lowest BCUT2D eigenvalue weighted by atomic mass is 9.93. The number of hydrazone groups is 1. The van der Waals surface area contributed by atoms with Gasteiger partial charge in [0.25, 0.3) is 5.91 Å². The highest BCUT2D eigenvalue weighted by atomic mass is 16.5. The Balaban J connectivity index is 1.72. The van der Waals surface area contributed by atoms with Gasteiger partial charge in [0.05, 0.1) is 25.1 Å². The fraction of sp³-hybridized carbons (Fsp3) is 0.444. The molecule has 138 valence electrons. The summed E-state index contributed by atoms with van der Waals surface area (Å²) in [6.07, 6.45) is 0.658. The fourth-order valence-electron chi connectivity index (χ4n) is 3.14. The molecule has 1 unspecified atom stereocenters. The third kappa shape index (κ3) is 4.26. The summed E-state index contributed by atoms with van der Waals surface area (Å²) >= 11 is 0. The molecule has 0 saturated carbocycles. The van der Waals surface area contributed by atoms with Gasteiger partial charge in [0.1, 0.15) is 5.71 Å². The molecule has 2 amide bonds. The maximum atomic E-state index is 12.6. The number of carboxylic acid groups (broad SMARTS) is 1. The molecule has 2 aliphatic rings. The minimum atomic E-state index is -0.998. The van der Waals surface area contributed by atoms with E-state index < -0.39 is 17.4 Å². The summed E-state index contributed by atoms with van der Waals surface area (Å²) in [5.74, 6) is -1.58. The van der Waals surface area contributed by atoms with Gasteiger partial charge >= 0.3 is 5.97 Å². The molecule has 0 bridgehead atoms. The summed E-state index contributed by atoms with van der Waals surface area (Å²) in [6, 6.07) is 9.40. The average molecular weight is 359 g/mol. The summed E-state index contributed by atoms with van der Waals surface area (Å²) in [7, 11) is 0. The van der Waals surface area contributed by atoms with Crippen molar-refractivity contribution in [2.45, 2.75) is 37.8 Å². The Hall–Kier alpha value is -2.74. The van der Waals surface area contributed by atoms with Crippen molar-refractivity contribution in [1.82, 2.24) is 10.3 Å². The maximum Gasteiger partial charge on any atom is 0.305 e. The molecule has 0 radical (unpaired) electrons. The molecule has 1 atom stereocenters.